The quantitative estimate of drug-likeness (QED) is 0.883. The van der Waals surface area contributed by atoms with E-state index in [9.17, 15) is 0 Å². The van der Waals surface area contributed by atoms with Gasteiger partial charge in [0.2, 0.25) is 0 Å². The lowest BCUT2D eigenvalue weighted by atomic mass is 10.0. The first kappa shape index (κ1) is 12.6. The highest BCUT2D eigenvalue weighted by Gasteiger charge is 2.31. The first-order chi connectivity index (χ1) is 9.28. The molecule has 1 fully saturated rings. The second-order valence-corrected chi connectivity index (χ2v) is 5.65. The number of hydrogen-bond donors (Lipinski definition) is 1. The van der Waals surface area contributed by atoms with Gasteiger partial charge in [0.1, 0.15) is 0 Å². The number of rotatable bonds is 5. The van der Waals surface area contributed by atoms with Crippen LogP contribution in [0, 0.1) is 12.8 Å². The molecule has 1 atom stereocenters. The molecule has 0 amide bonds. The fraction of sp³-hybridized carbons (Fsp3) is 0.471. The minimum absolute atomic E-state index is 0.609. The van der Waals surface area contributed by atoms with Gasteiger partial charge in [-0.1, -0.05) is 25.1 Å². The molecule has 3 rings (SSSR count). The number of aromatic nitrogens is 1. The Hall–Kier alpha value is -1.41. The molecule has 100 valence electrons. The zero-order valence-corrected chi connectivity index (χ0v) is 11.8. The van der Waals surface area contributed by atoms with E-state index < -0.39 is 0 Å². The second-order valence-electron chi connectivity index (χ2n) is 5.65. The molecule has 1 heterocycles. The van der Waals surface area contributed by atoms with Crippen molar-refractivity contribution in [2.75, 3.05) is 6.54 Å². The maximum Gasteiger partial charge on any atom is 0.0705 e. The fourth-order valence-electron chi connectivity index (χ4n) is 2.84. The summed E-state index contributed by atoms with van der Waals surface area (Å²) >= 11 is 0. The summed E-state index contributed by atoms with van der Waals surface area (Å²) in [6.45, 7) is 5.43. The van der Waals surface area contributed by atoms with Crippen molar-refractivity contribution < 1.29 is 0 Å². The van der Waals surface area contributed by atoms with E-state index in [1.807, 2.05) is 0 Å². The Labute approximate surface area is 115 Å². The number of likely N-dealkylation sites (N-methyl/N-ethyl adjacent to an activating group) is 1. The molecule has 2 aromatic rings. The van der Waals surface area contributed by atoms with Crippen LogP contribution >= 0.6 is 0 Å². The molecule has 1 aromatic carbocycles. The number of nitrogens with one attached hydrogen (secondary N) is 1. The van der Waals surface area contributed by atoms with Crippen LogP contribution in [-0.4, -0.2) is 17.6 Å². The Morgan fingerprint density at radius 2 is 2.11 bits per heavy atom. The SMILES string of the molecule is CCNC(Cc1nc2ccccc2cc1C)C1CC1. The molecule has 0 radical (unpaired) electrons. The largest absolute Gasteiger partial charge is 0.314 e. The minimum Gasteiger partial charge on any atom is -0.314 e. The number of pyridine rings is 1. The van der Waals surface area contributed by atoms with Gasteiger partial charge in [-0.05, 0) is 49.9 Å². The highest BCUT2D eigenvalue weighted by atomic mass is 14.9. The summed E-state index contributed by atoms with van der Waals surface area (Å²) in [4.78, 5) is 4.87. The monoisotopic (exact) mass is 254 g/mol. The molecule has 2 nitrogen and oxygen atoms in total. The Bertz CT molecular complexity index is 572. The lowest BCUT2D eigenvalue weighted by molar-refractivity contribution is 0.468. The van der Waals surface area contributed by atoms with Gasteiger partial charge in [-0.3, -0.25) is 4.98 Å². The highest BCUT2D eigenvalue weighted by Crippen LogP contribution is 2.34. The molecule has 1 aliphatic carbocycles. The van der Waals surface area contributed by atoms with Crippen molar-refractivity contribution in [1.82, 2.24) is 10.3 Å². The van der Waals surface area contributed by atoms with Crippen LogP contribution in [0.4, 0.5) is 0 Å². The number of nitrogens with zero attached hydrogens (tertiary/aromatic N) is 1. The molecule has 1 aliphatic rings. The third-order valence-corrected chi connectivity index (χ3v) is 4.09. The molecule has 0 saturated heterocycles. The van der Waals surface area contributed by atoms with Crippen molar-refractivity contribution in [2.24, 2.45) is 5.92 Å². The van der Waals surface area contributed by atoms with Crippen molar-refractivity contribution in [3.8, 4) is 0 Å². The molecule has 1 aromatic heterocycles. The van der Waals surface area contributed by atoms with Crippen molar-refractivity contribution in [3.05, 3.63) is 41.6 Å². The van der Waals surface area contributed by atoms with Crippen LogP contribution in [0.1, 0.15) is 31.0 Å². The first-order valence-corrected chi connectivity index (χ1v) is 7.36. The summed E-state index contributed by atoms with van der Waals surface area (Å²) < 4.78 is 0. The van der Waals surface area contributed by atoms with E-state index >= 15 is 0 Å². The van der Waals surface area contributed by atoms with Gasteiger partial charge in [-0.15, -0.1) is 0 Å². The fourth-order valence-corrected chi connectivity index (χ4v) is 2.84. The average molecular weight is 254 g/mol. The third kappa shape index (κ3) is 2.79. The van der Waals surface area contributed by atoms with Gasteiger partial charge < -0.3 is 5.32 Å². The van der Waals surface area contributed by atoms with Crippen molar-refractivity contribution in [2.45, 2.75) is 39.2 Å². The molecule has 0 aliphatic heterocycles. The molecule has 1 unspecified atom stereocenters. The van der Waals surface area contributed by atoms with Gasteiger partial charge in [0.25, 0.3) is 0 Å². The van der Waals surface area contributed by atoms with Crippen molar-refractivity contribution >= 4 is 10.9 Å². The standard InChI is InChI=1S/C17H22N2/c1-3-18-17(13-8-9-13)11-16-12(2)10-14-6-4-5-7-15(14)19-16/h4-7,10,13,17-18H,3,8-9,11H2,1-2H3. The van der Waals surface area contributed by atoms with Gasteiger partial charge in [0, 0.05) is 23.5 Å². The number of fused-ring (bicyclic) bond motifs is 1. The maximum atomic E-state index is 4.87. The van der Waals surface area contributed by atoms with Crippen LogP contribution in [0.5, 0.6) is 0 Å². The van der Waals surface area contributed by atoms with E-state index in [-0.39, 0.29) is 0 Å². The summed E-state index contributed by atoms with van der Waals surface area (Å²) in [6, 6.07) is 11.3. The zero-order valence-electron chi connectivity index (χ0n) is 11.8. The maximum absolute atomic E-state index is 4.87. The van der Waals surface area contributed by atoms with Gasteiger partial charge in [0.15, 0.2) is 0 Å². The van der Waals surface area contributed by atoms with E-state index in [4.69, 9.17) is 4.98 Å². The Morgan fingerprint density at radius 1 is 1.32 bits per heavy atom. The van der Waals surface area contributed by atoms with E-state index in [2.05, 4.69) is 49.5 Å². The predicted octanol–water partition coefficient (Wildman–Crippen LogP) is 3.47. The lowest BCUT2D eigenvalue weighted by Crippen LogP contribution is -2.33. The van der Waals surface area contributed by atoms with E-state index in [0.29, 0.717) is 6.04 Å². The lowest BCUT2D eigenvalue weighted by Gasteiger charge is -2.18. The van der Waals surface area contributed by atoms with E-state index in [1.54, 1.807) is 0 Å². The molecule has 19 heavy (non-hydrogen) atoms. The summed E-state index contributed by atoms with van der Waals surface area (Å²) in [5.74, 6) is 0.868. The van der Waals surface area contributed by atoms with Gasteiger partial charge in [-0.25, -0.2) is 0 Å². The van der Waals surface area contributed by atoms with Crippen molar-refractivity contribution in [3.63, 3.8) is 0 Å². The molecular formula is C17H22N2. The summed E-state index contributed by atoms with van der Waals surface area (Å²) in [7, 11) is 0. The second kappa shape index (κ2) is 5.30. The average Bonchev–Trinajstić information content (AvgIpc) is 3.23. The number of hydrogen-bond acceptors (Lipinski definition) is 2. The first-order valence-electron chi connectivity index (χ1n) is 7.36. The summed E-state index contributed by atoms with van der Waals surface area (Å²) in [6.07, 6.45) is 3.82. The topological polar surface area (TPSA) is 24.9 Å². The number of para-hydroxylation sites is 1. The van der Waals surface area contributed by atoms with Crippen LogP contribution in [-0.2, 0) is 6.42 Å². The molecule has 0 bridgehead atoms. The minimum atomic E-state index is 0.609. The summed E-state index contributed by atoms with van der Waals surface area (Å²) in [5.41, 5.74) is 3.70. The van der Waals surface area contributed by atoms with Gasteiger partial charge >= 0.3 is 0 Å². The van der Waals surface area contributed by atoms with E-state index in [0.717, 1.165) is 24.4 Å². The van der Waals surface area contributed by atoms with Crippen LogP contribution in [0.15, 0.2) is 30.3 Å². The number of aryl methyl sites for hydroxylation is 1. The molecule has 1 N–H and O–H groups in total. The Balaban J connectivity index is 1.88. The number of benzene rings is 1. The molecule has 1 saturated carbocycles. The van der Waals surface area contributed by atoms with Gasteiger partial charge in [0.05, 0.1) is 5.52 Å². The summed E-state index contributed by atoms with van der Waals surface area (Å²) in [5, 5.41) is 4.87. The van der Waals surface area contributed by atoms with Crippen LogP contribution in [0.25, 0.3) is 10.9 Å². The Morgan fingerprint density at radius 3 is 2.84 bits per heavy atom. The zero-order chi connectivity index (χ0) is 13.2. The van der Waals surface area contributed by atoms with Crippen LogP contribution < -0.4 is 5.32 Å². The Kier molecular flexibility index (Phi) is 3.52. The smallest absolute Gasteiger partial charge is 0.0705 e. The molecule has 2 heteroatoms. The van der Waals surface area contributed by atoms with Crippen molar-refractivity contribution in [1.29, 1.82) is 0 Å². The van der Waals surface area contributed by atoms with Crippen LogP contribution in [0.3, 0.4) is 0 Å². The third-order valence-electron chi connectivity index (χ3n) is 4.09. The van der Waals surface area contributed by atoms with Crippen LogP contribution in [0.2, 0.25) is 0 Å². The normalized spacial score (nSPS) is 16.7. The predicted molar refractivity (Wildman–Crippen MR) is 80.4 cm³/mol. The molecule has 0 spiro atoms. The van der Waals surface area contributed by atoms with Gasteiger partial charge in [-0.2, -0.15) is 0 Å². The highest BCUT2D eigenvalue weighted by molar-refractivity contribution is 5.79. The van der Waals surface area contributed by atoms with E-state index in [1.165, 1.54) is 29.5 Å². The molecular weight excluding hydrogens is 232 g/mol.